The molecular formula is C20H18Cl2N2O2S. The van der Waals surface area contributed by atoms with Gasteiger partial charge in [-0.3, -0.25) is 4.79 Å². The molecule has 0 fully saturated rings. The Bertz CT molecular complexity index is 939. The molecule has 2 heterocycles. The predicted molar refractivity (Wildman–Crippen MR) is 111 cm³/mol. The number of amides is 1. The summed E-state index contributed by atoms with van der Waals surface area (Å²) in [5.41, 5.74) is 2.19. The fourth-order valence-electron chi connectivity index (χ4n) is 2.36. The SMILES string of the molecule is CC(C)c1ccc(OCc2csc(C(=O)Nc3ncc(Cl)cc3Cl)c2)cc1. The van der Waals surface area contributed by atoms with E-state index in [9.17, 15) is 4.79 Å². The van der Waals surface area contributed by atoms with Gasteiger partial charge in [-0.05, 0) is 41.1 Å². The molecule has 0 radical (unpaired) electrons. The second-order valence-electron chi connectivity index (χ2n) is 6.27. The van der Waals surface area contributed by atoms with Gasteiger partial charge in [0.05, 0.1) is 14.9 Å². The summed E-state index contributed by atoms with van der Waals surface area (Å²) in [6, 6.07) is 11.4. The van der Waals surface area contributed by atoms with E-state index in [1.54, 1.807) is 6.07 Å². The van der Waals surface area contributed by atoms with E-state index < -0.39 is 0 Å². The van der Waals surface area contributed by atoms with Crippen LogP contribution in [0.4, 0.5) is 5.82 Å². The van der Waals surface area contributed by atoms with Gasteiger partial charge in [0.15, 0.2) is 5.82 Å². The van der Waals surface area contributed by atoms with E-state index in [1.807, 2.05) is 17.5 Å². The largest absolute Gasteiger partial charge is 0.489 e. The highest BCUT2D eigenvalue weighted by molar-refractivity contribution is 7.12. The Kier molecular flexibility index (Phi) is 6.37. The number of carbonyl (C=O) groups is 1. The van der Waals surface area contributed by atoms with Crippen molar-refractivity contribution in [1.82, 2.24) is 4.98 Å². The lowest BCUT2D eigenvalue weighted by molar-refractivity contribution is 0.103. The van der Waals surface area contributed by atoms with E-state index in [4.69, 9.17) is 27.9 Å². The standard InChI is InChI=1S/C20H18Cl2N2O2S/c1-12(2)14-3-5-16(6-4-14)26-10-13-7-18(27-11-13)20(25)24-19-17(22)8-15(21)9-23-19/h3-9,11-12H,10H2,1-2H3,(H,23,24,25). The lowest BCUT2D eigenvalue weighted by Crippen LogP contribution is -2.11. The van der Waals surface area contributed by atoms with Gasteiger partial charge >= 0.3 is 0 Å². The summed E-state index contributed by atoms with van der Waals surface area (Å²) in [6.45, 7) is 4.70. The Balaban J connectivity index is 1.59. The Morgan fingerprint density at radius 2 is 1.96 bits per heavy atom. The number of nitrogens with zero attached hydrogens (tertiary/aromatic N) is 1. The van der Waals surface area contributed by atoms with Crippen molar-refractivity contribution in [1.29, 1.82) is 0 Å². The second kappa shape index (κ2) is 8.74. The summed E-state index contributed by atoms with van der Waals surface area (Å²) < 4.78 is 5.80. The molecule has 0 aliphatic heterocycles. The molecule has 1 aromatic carbocycles. The maximum atomic E-state index is 12.4. The third kappa shape index (κ3) is 5.22. The molecule has 7 heteroatoms. The molecule has 140 valence electrons. The first-order valence-corrected chi connectivity index (χ1v) is 9.98. The number of thiophene rings is 1. The minimum absolute atomic E-state index is 0.274. The Morgan fingerprint density at radius 1 is 1.22 bits per heavy atom. The number of benzene rings is 1. The number of aromatic nitrogens is 1. The van der Waals surface area contributed by atoms with Crippen LogP contribution in [0.2, 0.25) is 10.0 Å². The van der Waals surface area contributed by atoms with Crippen LogP contribution in [0.1, 0.15) is 40.6 Å². The number of hydrogen-bond acceptors (Lipinski definition) is 4. The van der Waals surface area contributed by atoms with Gasteiger partial charge in [-0.15, -0.1) is 11.3 Å². The number of nitrogens with one attached hydrogen (secondary N) is 1. The predicted octanol–water partition coefficient (Wildman–Crippen LogP) is 6.40. The molecule has 1 N–H and O–H groups in total. The quantitative estimate of drug-likeness (QED) is 0.501. The Morgan fingerprint density at radius 3 is 2.63 bits per heavy atom. The van der Waals surface area contributed by atoms with Crippen molar-refractivity contribution in [3.05, 3.63) is 74.0 Å². The minimum Gasteiger partial charge on any atom is -0.489 e. The maximum absolute atomic E-state index is 12.4. The van der Waals surface area contributed by atoms with Crippen molar-refractivity contribution >= 4 is 46.3 Å². The van der Waals surface area contributed by atoms with Gasteiger partial charge in [0.2, 0.25) is 0 Å². The van der Waals surface area contributed by atoms with Gasteiger partial charge in [-0.1, -0.05) is 49.2 Å². The fourth-order valence-corrected chi connectivity index (χ4v) is 3.58. The van der Waals surface area contributed by atoms with E-state index in [1.165, 1.54) is 29.2 Å². The lowest BCUT2D eigenvalue weighted by atomic mass is 10.0. The third-order valence-corrected chi connectivity index (χ3v) is 5.34. The average Bonchev–Trinajstić information content (AvgIpc) is 3.12. The van der Waals surface area contributed by atoms with Gasteiger partial charge in [0.25, 0.3) is 5.91 Å². The highest BCUT2D eigenvalue weighted by atomic mass is 35.5. The Labute approximate surface area is 172 Å². The van der Waals surface area contributed by atoms with E-state index in [-0.39, 0.29) is 11.7 Å². The third-order valence-electron chi connectivity index (χ3n) is 3.87. The first kappa shape index (κ1) is 19.7. The molecule has 0 saturated carbocycles. The van der Waals surface area contributed by atoms with Crippen LogP contribution < -0.4 is 10.1 Å². The highest BCUT2D eigenvalue weighted by Crippen LogP contribution is 2.25. The average molecular weight is 421 g/mol. The van der Waals surface area contributed by atoms with E-state index in [0.717, 1.165) is 11.3 Å². The summed E-state index contributed by atoms with van der Waals surface area (Å²) in [5, 5.41) is 5.29. The number of halogens is 2. The first-order chi connectivity index (χ1) is 12.9. The van der Waals surface area contributed by atoms with Crippen molar-refractivity contribution < 1.29 is 9.53 Å². The van der Waals surface area contributed by atoms with Crippen molar-refractivity contribution in [3.63, 3.8) is 0 Å². The van der Waals surface area contributed by atoms with Crippen LogP contribution in [0, 0.1) is 0 Å². The minimum atomic E-state index is -0.274. The second-order valence-corrected chi connectivity index (χ2v) is 8.02. The number of rotatable bonds is 6. The van der Waals surface area contributed by atoms with Crippen LogP contribution in [0.5, 0.6) is 5.75 Å². The zero-order valence-corrected chi connectivity index (χ0v) is 17.2. The van der Waals surface area contributed by atoms with E-state index >= 15 is 0 Å². The molecule has 27 heavy (non-hydrogen) atoms. The molecule has 0 aliphatic carbocycles. The normalized spacial score (nSPS) is 10.9. The molecule has 0 spiro atoms. The smallest absolute Gasteiger partial charge is 0.266 e. The van der Waals surface area contributed by atoms with Crippen molar-refractivity contribution in [2.45, 2.75) is 26.4 Å². The van der Waals surface area contributed by atoms with E-state index in [0.29, 0.717) is 27.4 Å². The monoisotopic (exact) mass is 420 g/mol. The van der Waals surface area contributed by atoms with Crippen LogP contribution in [0.3, 0.4) is 0 Å². The van der Waals surface area contributed by atoms with Gasteiger partial charge in [0.1, 0.15) is 12.4 Å². The number of pyridine rings is 1. The van der Waals surface area contributed by atoms with Crippen molar-refractivity contribution in [2.75, 3.05) is 5.32 Å². The topological polar surface area (TPSA) is 51.2 Å². The molecule has 3 aromatic rings. The summed E-state index contributed by atoms with van der Waals surface area (Å²) >= 11 is 13.2. The molecule has 3 rings (SSSR count). The lowest BCUT2D eigenvalue weighted by Gasteiger charge is -2.08. The van der Waals surface area contributed by atoms with Crippen LogP contribution in [0.15, 0.2) is 48.0 Å². The molecule has 2 aromatic heterocycles. The summed E-state index contributed by atoms with van der Waals surface area (Å²) in [6.07, 6.45) is 1.43. The highest BCUT2D eigenvalue weighted by Gasteiger charge is 2.13. The zero-order chi connectivity index (χ0) is 19.4. The van der Waals surface area contributed by atoms with Crippen LogP contribution in [-0.4, -0.2) is 10.9 Å². The molecule has 0 aliphatic rings. The van der Waals surface area contributed by atoms with Crippen LogP contribution >= 0.6 is 34.5 Å². The van der Waals surface area contributed by atoms with Crippen molar-refractivity contribution in [2.24, 2.45) is 0 Å². The molecule has 0 unspecified atom stereocenters. The number of hydrogen-bond donors (Lipinski definition) is 1. The molecule has 4 nitrogen and oxygen atoms in total. The molecule has 0 bridgehead atoms. The first-order valence-electron chi connectivity index (χ1n) is 8.35. The van der Waals surface area contributed by atoms with Gasteiger partial charge < -0.3 is 10.1 Å². The molecular weight excluding hydrogens is 403 g/mol. The van der Waals surface area contributed by atoms with Crippen LogP contribution in [0.25, 0.3) is 0 Å². The number of carbonyl (C=O) groups excluding carboxylic acids is 1. The number of anilines is 1. The Hall–Kier alpha value is -2.08. The van der Waals surface area contributed by atoms with Crippen molar-refractivity contribution in [3.8, 4) is 5.75 Å². The van der Waals surface area contributed by atoms with E-state index in [2.05, 4.69) is 36.3 Å². The molecule has 0 saturated heterocycles. The maximum Gasteiger partial charge on any atom is 0.266 e. The summed E-state index contributed by atoms with van der Waals surface area (Å²) in [4.78, 5) is 16.9. The zero-order valence-electron chi connectivity index (χ0n) is 14.8. The van der Waals surface area contributed by atoms with Gasteiger partial charge in [-0.2, -0.15) is 0 Å². The number of ether oxygens (including phenoxy) is 1. The summed E-state index contributed by atoms with van der Waals surface area (Å²) in [5.74, 6) is 1.29. The molecule has 0 atom stereocenters. The molecule has 1 amide bonds. The summed E-state index contributed by atoms with van der Waals surface area (Å²) in [7, 11) is 0. The van der Waals surface area contributed by atoms with Gasteiger partial charge in [-0.25, -0.2) is 4.98 Å². The van der Waals surface area contributed by atoms with Crippen LogP contribution in [-0.2, 0) is 6.61 Å². The van der Waals surface area contributed by atoms with Gasteiger partial charge in [0, 0.05) is 11.8 Å². The fraction of sp³-hybridized carbons (Fsp3) is 0.200.